The van der Waals surface area contributed by atoms with Gasteiger partial charge < -0.3 is 4.74 Å². The number of nitro groups is 1. The van der Waals surface area contributed by atoms with Gasteiger partial charge in [0.2, 0.25) is 10.0 Å². The van der Waals surface area contributed by atoms with Gasteiger partial charge in [-0.05, 0) is 46.1 Å². The van der Waals surface area contributed by atoms with Crippen molar-refractivity contribution in [2.24, 2.45) is 11.8 Å². The summed E-state index contributed by atoms with van der Waals surface area (Å²) >= 11 is 0. The van der Waals surface area contributed by atoms with E-state index < -0.39 is 37.7 Å². The number of carbonyl (C=O) groups excluding carboxylic acids is 1. The molecular formula is C21H33N3O6S. The summed E-state index contributed by atoms with van der Waals surface area (Å²) in [6, 6.07) is 4.71. The Morgan fingerprint density at radius 2 is 1.74 bits per heavy atom. The largest absolute Gasteiger partial charge is 0.460 e. The van der Waals surface area contributed by atoms with E-state index in [1.54, 1.807) is 0 Å². The lowest BCUT2D eigenvalue weighted by Gasteiger charge is -2.35. The van der Waals surface area contributed by atoms with Gasteiger partial charge in [0, 0.05) is 24.7 Å². The van der Waals surface area contributed by atoms with Crippen LogP contribution < -0.4 is 4.72 Å². The van der Waals surface area contributed by atoms with Gasteiger partial charge >= 0.3 is 5.97 Å². The summed E-state index contributed by atoms with van der Waals surface area (Å²) in [4.78, 5) is 24.7. The van der Waals surface area contributed by atoms with Crippen molar-refractivity contribution in [2.45, 2.75) is 77.1 Å². The van der Waals surface area contributed by atoms with Gasteiger partial charge in [-0.2, -0.15) is 0 Å². The second-order valence-corrected chi connectivity index (χ2v) is 10.6. The summed E-state index contributed by atoms with van der Waals surface area (Å²) < 4.78 is 34.5. The first kappa shape index (κ1) is 25.2. The fraction of sp³-hybridized carbons (Fsp3) is 0.667. The summed E-state index contributed by atoms with van der Waals surface area (Å²) in [5.41, 5.74) is -0.498. The Morgan fingerprint density at radius 3 is 2.23 bits per heavy atom. The Hall–Kier alpha value is -2.04. The summed E-state index contributed by atoms with van der Waals surface area (Å²) in [6.07, 6.45) is -0.262. The smallest absolute Gasteiger partial charge is 0.309 e. The van der Waals surface area contributed by atoms with Gasteiger partial charge in [0.25, 0.3) is 5.69 Å². The normalized spacial score (nSPS) is 20.6. The molecule has 1 aliphatic rings. The molecule has 1 saturated heterocycles. The number of hydrogen-bond acceptors (Lipinski definition) is 7. The van der Waals surface area contributed by atoms with Crippen molar-refractivity contribution in [3.8, 4) is 0 Å². The van der Waals surface area contributed by atoms with Crippen molar-refractivity contribution in [3.05, 3.63) is 34.4 Å². The molecule has 0 saturated carbocycles. The molecule has 1 fully saturated rings. The summed E-state index contributed by atoms with van der Waals surface area (Å²) in [5, 5.41) is 11.4. The minimum Gasteiger partial charge on any atom is -0.460 e. The van der Waals surface area contributed by atoms with E-state index in [1.807, 2.05) is 41.5 Å². The number of carbonyl (C=O) groups is 1. The van der Waals surface area contributed by atoms with Crippen molar-refractivity contribution in [3.63, 3.8) is 0 Å². The number of rotatable bonds is 10. The molecule has 1 aromatic carbocycles. The van der Waals surface area contributed by atoms with E-state index in [0.717, 1.165) is 6.07 Å². The van der Waals surface area contributed by atoms with Crippen LogP contribution in [0.4, 0.5) is 5.69 Å². The average Bonchev–Trinajstić information content (AvgIpc) is 3.06. The maximum absolute atomic E-state index is 13.2. The van der Waals surface area contributed by atoms with E-state index in [9.17, 15) is 23.3 Å². The molecule has 1 aliphatic heterocycles. The van der Waals surface area contributed by atoms with Gasteiger partial charge in [-0.25, -0.2) is 13.1 Å². The molecule has 0 aromatic heterocycles. The second-order valence-electron chi connectivity index (χ2n) is 8.90. The molecule has 3 atom stereocenters. The van der Waals surface area contributed by atoms with Crippen LogP contribution in [0.2, 0.25) is 0 Å². The van der Waals surface area contributed by atoms with Crippen LogP contribution in [0.3, 0.4) is 0 Å². The predicted octanol–water partition coefficient (Wildman–Crippen LogP) is 2.95. The molecule has 2 rings (SSSR count). The van der Waals surface area contributed by atoms with Crippen molar-refractivity contribution in [2.75, 3.05) is 6.54 Å². The first-order valence-corrected chi connectivity index (χ1v) is 12.1. The van der Waals surface area contributed by atoms with Crippen molar-refractivity contribution < 1.29 is 22.9 Å². The summed E-state index contributed by atoms with van der Waals surface area (Å²) in [5.74, 6) is -0.582. The maximum Gasteiger partial charge on any atom is 0.309 e. The molecule has 0 spiro atoms. The number of para-hydroxylation sites is 1. The number of nitro benzene ring substituents is 1. The molecule has 0 radical (unpaired) electrons. The molecule has 9 nitrogen and oxygen atoms in total. The molecule has 0 bridgehead atoms. The van der Waals surface area contributed by atoms with Gasteiger partial charge in [0.1, 0.15) is 6.10 Å². The third-order valence-electron chi connectivity index (χ3n) is 5.70. The van der Waals surface area contributed by atoms with Crippen LogP contribution in [-0.2, 0) is 19.6 Å². The van der Waals surface area contributed by atoms with E-state index in [0.29, 0.717) is 13.0 Å². The highest BCUT2D eigenvalue weighted by Gasteiger charge is 2.43. The number of esters is 1. The molecule has 0 amide bonds. The lowest BCUT2D eigenvalue weighted by atomic mass is 9.91. The molecule has 174 valence electrons. The van der Waals surface area contributed by atoms with Crippen LogP contribution in [0, 0.1) is 22.0 Å². The third kappa shape index (κ3) is 6.02. The fourth-order valence-electron chi connectivity index (χ4n) is 4.00. The van der Waals surface area contributed by atoms with Gasteiger partial charge in [-0.1, -0.05) is 26.0 Å². The third-order valence-corrected chi connectivity index (χ3v) is 7.24. The zero-order chi connectivity index (χ0) is 23.5. The van der Waals surface area contributed by atoms with E-state index >= 15 is 0 Å². The molecule has 1 aromatic rings. The highest BCUT2D eigenvalue weighted by atomic mass is 32.2. The number of cyclic esters (lactones) is 1. The molecule has 1 N–H and O–H groups in total. The molecule has 31 heavy (non-hydrogen) atoms. The van der Waals surface area contributed by atoms with E-state index in [4.69, 9.17) is 4.74 Å². The molecule has 0 aliphatic carbocycles. The standard InChI is InChI=1S/C21H33N3O6S/c1-13(2)16-11-19(30-21(16)25)17(12-23(14(3)4)15(5)6)22-31(28,29)20-10-8-7-9-18(20)24(26)27/h7-10,13-17,19,22H,11-12H2,1-6H3/t16-,17?,19-/m0/s1. The van der Waals surface area contributed by atoms with Gasteiger partial charge in [-0.3, -0.25) is 19.8 Å². The second kappa shape index (κ2) is 10.1. The molecule has 1 unspecified atom stereocenters. The summed E-state index contributed by atoms with van der Waals surface area (Å²) in [7, 11) is -4.23. The Labute approximate surface area is 184 Å². The van der Waals surface area contributed by atoms with Crippen LogP contribution in [0.5, 0.6) is 0 Å². The van der Waals surface area contributed by atoms with Crippen molar-refractivity contribution in [1.82, 2.24) is 9.62 Å². The zero-order valence-corrected chi connectivity index (χ0v) is 19.8. The van der Waals surface area contributed by atoms with Crippen LogP contribution in [-0.4, -0.2) is 55.0 Å². The lowest BCUT2D eigenvalue weighted by Crippen LogP contribution is -2.53. The first-order valence-electron chi connectivity index (χ1n) is 10.6. The minimum absolute atomic E-state index is 0.0660. The summed E-state index contributed by atoms with van der Waals surface area (Å²) in [6.45, 7) is 12.2. The number of hydrogen-bond donors (Lipinski definition) is 1. The lowest BCUT2D eigenvalue weighted by molar-refractivity contribution is -0.387. The van der Waals surface area contributed by atoms with E-state index in [1.165, 1.54) is 18.2 Å². The maximum atomic E-state index is 13.2. The average molecular weight is 456 g/mol. The Bertz CT molecular complexity index is 892. The number of benzene rings is 1. The number of nitrogens with zero attached hydrogens (tertiary/aromatic N) is 2. The zero-order valence-electron chi connectivity index (χ0n) is 18.9. The van der Waals surface area contributed by atoms with Gasteiger partial charge in [0.05, 0.1) is 16.9 Å². The molecule has 10 heteroatoms. The van der Waals surface area contributed by atoms with Gasteiger partial charge in [-0.15, -0.1) is 0 Å². The van der Waals surface area contributed by atoms with Gasteiger partial charge in [0.15, 0.2) is 4.90 Å². The Kier molecular flexibility index (Phi) is 8.18. The highest BCUT2D eigenvalue weighted by Crippen LogP contribution is 2.31. The highest BCUT2D eigenvalue weighted by molar-refractivity contribution is 7.89. The number of ether oxygens (including phenoxy) is 1. The first-order chi connectivity index (χ1) is 14.3. The van der Waals surface area contributed by atoms with Crippen LogP contribution in [0.25, 0.3) is 0 Å². The Morgan fingerprint density at radius 1 is 1.16 bits per heavy atom. The Balaban J connectivity index is 2.41. The number of sulfonamides is 1. The van der Waals surface area contributed by atoms with Crippen LogP contribution in [0.1, 0.15) is 48.0 Å². The topological polar surface area (TPSA) is 119 Å². The van der Waals surface area contributed by atoms with Crippen LogP contribution >= 0.6 is 0 Å². The molecular weight excluding hydrogens is 422 g/mol. The van der Waals surface area contributed by atoms with Crippen LogP contribution in [0.15, 0.2) is 29.2 Å². The monoisotopic (exact) mass is 455 g/mol. The van der Waals surface area contributed by atoms with Crippen molar-refractivity contribution >= 4 is 21.7 Å². The molecule has 1 heterocycles. The SMILES string of the molecule is CC(C)[C@@H]1C[C@@H](C(CN(C(C)C)C(C)C)NS(=O)(=O)c2ccccc2[N+](=O)[O-])OC1=O. The van der Waals surface area contributed by atoms with Crippen molar-refractivity contribution in [1.29, 1.82) is 0 Å². The number of nitrogens with one attached hydrogen (secondary N) is 1. The predicted molar refractivity (Wildman–Crippen MR) is 117 cm³/mol. The fourth-order valence-corrected chi connectivity index (χ4v) is 5.42. The minimum atomic E-state index is -4.23. The van der Waals surface area contributed by atoms with E-state index in [2.05, 4.69) is 9.62 Å². The quantitative estimate of drug-likeness (QED) is 0.327. The van der Waals surface area contributed by atoms with E-state index in [-0.39, 0.29) is 29.9 Å².